The van der Waals surface area contributed by atoms with Crippen molar-refractivity contribution in [3.05, 3.63) is 17.5 Å². The molecule has 1 atom stereocenters. The fraction of sp³-hybridized carbons (Fsp3) is 0.750. The van der Waals surface area contributed by atoms with Gasteiger partial charge in [0.2, 0.25) is 0 Å². The molecule has 6 heteroatoms. The third-order valence-electron chi connectivity index (χ3n) is 3.49. The van der Waals surface area contributed by atoms with E-state index in [-0.39, 0.29) is 0 Å². The Hall–Kier alpha value is -1.17. The average Bonchev–Trinajstić information content (AvgIpc) is 2.83. The maximum Gasteiger partial charge on any atom is 0.193 e. The van der Waals surface area contributed by atoms with E-state index in [0.717, 1.165) is 25.6 Å². The average molecular weight is 326 g/mol. The molecule has 0 fully saturated rings. The molecule has 0 saturated heterocycles. The van der Waals surface area contributed by atoms with Gasteiger partial charge < -0.3 is 10.2 Å². The molecule has 1 rings (SSSR count). The summed E-state index contributed by atoms with van der Waals surface area (Å²) < 4.78 is 1.90. The van der Waals surface area contributed by atoms with Crippen LogP contribution < -0.4 is 5.32 Å². The molecule has 0 bridgehead atoms. The summed E-state index contributed by atoms with van der Waals surface area (Å²) in [6, 6.07) is 0. The van der Waals surface area contributed by atoms with Crippen LogP contribution in [0.2, 0.25) is 0 Å². The molecular weight excluding hydrogens is 294 g/mol. The molecule has 0 saturated carbocycles. The van der Waals surface area contributed by atoms with Gasteiger partial charge in [-0.3, -0.25) is 9.67 Å². The lowest BCUT2D eigenvalue weighted by Crippen LogP contribution is -2.39. The van der Waals surface area contributed by atoms with Gasteiger partial charge in [-0.1, -0.05) is 20.8 Å². The number of guanidine groups is 1. The zero-order valence-electron chi connectivity index (χ0n) is 15.1. The van der Waals surface area contributed by atoms with E-state index in [1.807, 2.05) is 23.5 Å². The van der Waals surface area contributed by atoms with Gasteiger partial charge in [0, 0.05) is 44.2 Å². The van der Waals surface area contributed by atoms with Crippen molar-refractivity contribution >= 4 is 17.7 Å². The highest BCUT2D eigenvalue weighted by molar-refractivity contribution is 7.99. The first-order chi connectivity index (χ1) is 10.4. The highest BCUT2D eigenvalue weighted by Gasteiger charge is 2.15. The number of nitrogens with zero attached hydrogens (tertiary/aromatic N) is 4. The number of aromatic nitrogens is 2. The van der Waals surface area contributed by atoms with Gasteiger partial charge in [-0.25, -0.2) is 0 Å². The van der Waals surface area contributed by atoms with E-state index in [4.69, 9.17) is 4.99 Å². The summed E-state index contributed by atoms with van der Waals surface area (Å²) in [6.07, 6.45) is 4.24. The van der Waals surface area contributed by atoms with Gasteiger partial charge >= 0.3 is 0 Å². The fourth-order valence-electron chi connectivity index (χ4n) is 2.25. The van der Waals surface area contributed by atoms with Crippen molar-refractivity contribution < 1.29 is 0 Å². The molecule has 22 heavy (non-hydrogen) atoms. The fourth-order valence-corrected chi connectivity index (χ4v) is 2.48. The topological polar surface area (TPSA) is 45.5 Å². The standard InChI is InChI=1S/C16H31N5S/c1-8-17-16(18-9-13(4)22-7)20(5)10-14-11-21(6)19-15(14)12(2)3/h11-13H,8-10H2,1-7H3,(H,17,18). The minimum absolute atomic E-state index is 0.431. The van der Waals surface area contributed by atoms with Crippen LogP contribution in [0.15, 0.2) is 11.2 Å². The molecule has 1 heterocycles. The Morgan fingerprint density at radius 2 is 2.14 bits per heavy atom. The quantitative estimate of drug-likeness (QED) is 0.618. The molecule has 1 aromatic heterocycles. The van der Waals surface area contributed by atoms with Crippen LogP contribution in [-0.4, -0.2) is 52.3 Å². The van der Waals surface area contributed by atoms with Crippen molar-refractivity contribution in [1.82, 2.24) is 20.0 Å². The summed E-state index contributed by atoms with van der Waals surface area (Å²) >= 11 is 1.84. The largest absolute Gasteiger partial charge is 0.357 e. The second-order valence-electron chi connectivity index (χ2n) is 5.96. The summed E-state index contributed by atoms with van der Waals surface area (Å²) in [4.78, 5) is 6.93. The highest BCUT2D eigenvalue weighted by Crippen LogP contribution is 2.18. The van der Waals surface area contributed by atoms with E-state index in [0.29, 0.717) is 11.2 Å². The second-order valence-corrected chi connectivity index (χ2v) is 7.24. The number of nitrogens with one attached hydrogen (secondary N) is 1. The van der Waals surface area contributed by atoms with Crippen LogP contribution in [0.3, 0.4) is 0 Å². The predicted molar refractivity (Wildman–Crippen MR) is 97.7 cm³/mol. The zero-order valence-corrected chi connectivity index (χ0v) is 15.9. The van der Waals surface area contributed by atoms with Gasteiger partial charge in [-0.2, -0.15) is 16.9 Å². The SMILES string of the molecule is CCNC(=NCC(C)SC)N(C)Cc1cn(C)nc1C(C)C. The normalized spacial score (nSPS) is 13.5. The number of thioether (sulfide) groups is 1. The van der Waals surface area contributed by atoms with Crippen LogP contribution in [0.5, 0.6) is 0 Å². The molecule has 0 aromatic carbocycles. The minimum atomic E-state index is 0.431. The number of hydrogen-bond donors (Lipinski definition) is 1. The van der Waals surface area contributed by atoms with E-state index < -0.39 is 0 Å². The van der Waals surface area contributed by atoms with Gasteiger partial charge in [0.1, 0.15) is 0 Å². The number of rotatable bonds is 7. The van der Waals surface area contributed by atoms with Crippen LogP contribution in [0.1, 0.15) is 44.9 Å². The van der Waals surface area contributed by atoms with E-state index >= 15 is 0 Å². The monoisotopic (exact) mass is 325 g/mol. The van der Waals surface area contributed by atoms with Crippen molar-refractivity contribution in [1.29, 1.82) is 0 Å². The number of aryl methyl sites for hydroxylation is 1. The Labute approximate surface area is 139 Å². The third-order valence-corrected chi connectivity index (χ3v) is 4.44. The maximum atomic E-state index is 4.75. The van der Waals surface area contributed by atoms with Crippen LogP contribution in [-0.2, 0) is 13.6 Å². The van der Waals surface area contributed by atoms with Gasteiger partial charge in [-0.15, -0.1) is 0 Å². The molecule has 126 valence electrons. The summed E-state index contributed by atoms with van der Waals surface area (Å²) in [7, 11) is 4.07. The van der Waals surface area contributed by atoms with E-state index in [1.165, 1.54) is 11.3 Å². The van der Waals surface area contributed by atoms with E-state index in [2.05, 4.69) is 62.5 Å². The summed E-state index contributed by atoms with van der Waals surface area (Å²) in [5.74, 6) is 1.39. The van der Waals surface area contributed by atoms with Crippen LogP contribution in [0.25, 0.3) is 0 Å². The number of aliphatic imine (C=N–C) groups is 1. The van der Waals surface area contributed by atoms with Crippen molar-refractivity contribution in [2.24, 2.45) is 12.0 Å². The molecule has 1 aromatic rings. The van der Waals surface area contributed by atoms with Gasteiger partial charge in [0.25, 0.3) is 0 Å². The van der Waals surface area contributed by atoms with Crippen molar-refractivity contribution in [3.8, 4) is 0 Å². The van der Waals surface area contributed by atoms with Crippen molar-refractivity contribution in [2.45, 2.75) is 45.4 Å². The molecule has 0 spiro atoms. The molecule has 1 unspecified atom stereocenters. The van der Waals surface area contributed by atoms with E-state index in [9.17, 15) is 0 Å². The van der Waals surface area contributed by atoms with E-state index in [1.54, 1.807) is 0 Å². The minimum Gasteiger partial charge on any atom is -0.357 e. The Balaban J connectivity index is 2.84. The Morgan fingerprint density at radius 1 is 1.45 bits per heavy atom. The predicted octanol–water partition coefficient (Wildman–Crippen LogP) is 2.69. The van der Waals surface area contributed by atoms with Crippen LogP contribution in [0.4, 0.5) is 0 Å². The summed E-state index contributed by atoms with van der Waals surface area (Å²) in [6.45, 7) is 11.2. The summed E-state index contributed by atoms with van der Waals surface area (Å²) in [5, 5.41) is 8.49. The Bertz CT molecular complexity index is 481. The van der Waals surface area contributed by atoms with Crippen LogP contribution >= 0.6 is 11.8 Å². The first kappa shape index (κ1) is 18.9. The highest BCUT2D eigenvalue weighted by atomic mass is 32.2. The van der Waals surface area contributed by atoms with Gasteiger partial charge in [0.15, 0.2) is 5.96 Å². The maximum absolute atomic E-state index is 4.75. The molecule has 0 radical (unpaired) electrons. The lowest BCUT2D eigenvalue weighted by atomic mass is 10.1. The lowest BCUT2D eigenvalue weighted by Gasteiger charge is -2.22. The molecule has 5 nitrogen and oxygen atoms in total. The first-order valence-corrected chi connectivity index (χ1v) is 9.22. The number of hydrogen-bond acceptors (Lipinski definition) is 3. The molecule has 0 aliphatic heterocycles. The first-order valence-electron chi connectivity index (χ1n) is 7.93. The molecule has 0 amide bonds. The molecule has 0 aliphatic rings. The Morgan fingerprint density at radius 3 is 2.68 bits per heavy atom. The Kier molecular flexibility index (Phi) is 7.79. The van der Waals surface area contributed by atoms with Gasteiger partial charge in [0.05, 0.1) is 12.2 Å². The zero-order chi connectivity index (χ0) is 16.7. The third kappa shape index (κ3) is 5.55. The van der Waals surface area contributed by atoms with Gasteiger partial charge in [-0.05, 0) is 19.1 Å². The lowest BCUT2D eigenvalue weighted by molar-refractivity contribution is 0.473. The molecule has 0 aliphatic carbocycles. The second kappa shape index (κ2) is 9.08. The molecule has 1 N–H and O–H groups in total. The van der Waals surface area contributed by atoms with Crippen molar-refractivity contribution in [3.63, 3.8) is 0 Å². The van der Waals surface area contributed by atoms with Crippen LogP contribution in [0, 0.1) is 0 Å². The molecular formula is C16H31N5S. The van der Waals surface area contributed by atoms with Crippen molar-refractivity contribution in [2.75, 3.05) is 26.4 Å². The smallest absolute Gasteiger partial charge is 0.193 e. The summed E-state index contributed by atoms with van der Waals surface area (Å²) in [5.41, 5.74) is 2.44.